The molecule has 5 rings (SSSR count). The Balaban J connectivity index is 1.16. The van der Waals surface area contributed by atoms with E-state index in [1.165, 1.54) is 0 Å². The number of nitrogens with zero attached hydrogens (tertiary/aromatic N) is 4. The van der Waals surface area contributed by atoms with Crippen LogP contribution in [0.2, 0.25) is 0 Å². The topological polar surface area (TPSA) is 58.6 Å². The van der Waals surface area contributed by atoms with E-state index < -0.39 is 0 Å². The first-order chi connectivity index (χ1) is 17.6. The molecule has 0 radical (unpaired) electrons. The number of pyridine rings is 1. The first kappa shape index (κ1) is 24.2. The number of benzene rings is 2. The number of carbonyl (C=O) groups is 1. The van der Waals surface area contributed by atoms with E-state index in [-0.39, 0.29) is 5.91 Å². The van der Waals surface area contributed by atoms with E-state index in [2.05, 4.69) is 27.4 Å². The third-order valence-electron chi connectivity index (χ3n) is 6.43. The molecule has 1 saturated heterocycles. The number of aromatic nitrogens is 2. The van der Waals surface area contributed by atoms with Crippen molar-refractivity contribution in [1.29, 1.82) is 0 Å². The van der Waals surface area contributed by atoms with Gasteiger partial charge in [-0.3, -0.25) is 14.7 Å². The smallest absolute Gasteiger partial charge is 0.253 e. The van der Waals surface area contributed by atoms with Gasteiger partial charge in [0, 0.05) is 67.2 Å². The minimum atomic E-state index is 0.0830. The van der Waals surface area contributed by atoms with Crippen LogP contribution in [0.5, 0.6) is 5.75 Å². The van der Waals surface area contributed by atoms with Crippen molar-refractivity contribution in [3.8, 4) is 16.3 Å². The van der Waals surface area contributed by atoms with Crippen molar-refractivity contribution in [2.75, 3.05) is 26.2 Å². The van der Waals surface area contributed by atoms with Crippen LogP contribution in [0.1, 0.15) is 32.7 Å². The highest BCUT2D eigenvalue weighted by atomic mass is 32.1. The van der Waals surface area contributed by atoms with Gasteiger partial charge in [0.15, 0.2) is 0 Å². The van der Waals surface area contributed by atoms with Crippen molar-refractivity contribution in [3.05, 3.63) is 100 Å². The molecule has 4 aromatic rings. The molecule has 36 heavy (non-hydrogen) atoms. The molecule has 2 aromatic carbocycles. The summed E-state index contributed by atoms with van der Waals surface area (Å²) in [6, 6.07) is 18.1. The third kappa shape index (κ3) is 5.64. The zero-order valence-corrected chi connectivity index (χ0v) is 21.5. The van der Waals surface area contributed by atoms with Crippen molar-refractivity contribution in [1.82, 2.24) is 19.8 Å². The Bertz CT molecular complexity index is 1290. The summed E-state index contributed by atoms with van der Waals surface area (Å²) in [7, 11) is 0. The van der Waals surface area contributed by atoms with Crippen molar-refractivity contribution in [2.45, 2.75) is 27.0 Å². The van der Waals surface area contributed by atoms with Crippen LogP contribution in [-0.4, -0.2) is 51.9 Å². The van der Waals surface area contributed by atoms with Gasteiger partial charge in [0.05, 0.1) is 5.69 Å². The summed E-state index contributed by atoms with van der Waals surface area (Å²) in [6.45, 7) is 8.37. The molecule has 1 fully saturated rings. The van der Waals surface area contributed by atoms with Crippen LogP contribution in [-0.2, 0) is 13.2 Å². The molecular formula is C29H30N4O2S. The van der Waals surface area contributed by atoms with Crippen LogP contribution in [0.25, 0.3) is 10.6 Å². The van der Waals surface area contributed by atoms with Gasteiger partial charge in [0.1, 0.15) is 17.4 Å². The first-order valence-electron chi connectivity index (χ1n) is 12.2. The Morgan fingerprint density at radius 2 is 1.75 bits per heavy atom. The van der Waals surface area contributed by atoms with E-state index in [0.717, 1.165) is 63.9 Å². The molecule has 0 spiro atoms. The minimum Gasteiger partial charge on any atom is -0.488 e. The average molecular weight is 499 g/mol. The zero-order chi connectivity index (χ0) is 24.9. The fraction of sp³-hybridized carbons (Fsp3) is 0.276. The lowest BCUT2D eigenvalue weighted by atomic mass is 10.0. The highest BCUT2D eigenvalue weighted by molar-refractivity contribution is 7.13. The molecule has 1 amide bonds. The van der Waals surface area contributed by atoms with Gasteiger partial charge >= 0.3 is 0 Å². The summed E-state index contributed by atoms with van der Waals surface area (Å²) in [5, 5.41) is 3.20. The second kappa shape index (κ2) is 11.0. The van der Waals surface area contributed by atoms with Crippen LogP contribution < -0.4 is 4.74 Å². The lowest BCUT2D eigenvalue weighted by molar-refractivity contribution is 0.0627. The van der Waals surface area contributed by atoms with Crippen molar-refractivity contribution in [2.24, 2.45) is 0 Å². The monoisotopic (exact) mass is 498 g/mol. The highest BCUT2D eigenvalue weighted by Crippen LogP contribution is 2.27. The fourth-order valence-electron chi connectivity index (χ4n) is 4.55. The molecule has 7 heteroatoms. The summed E-state index contributed by atoms with van der Waals surface area (Å²) in [5.41, 5.74) is 5.93. The summed E-state index contributed by atoms with van der Waals surface area (Å²) >= 11 is 1.68. The molecule has 0 N–H and O–H groups in total. The molecular weight excluding hydrogens is 468 g/mol. The van der Waals surface area contributed by atoms with Gasteiger partial charge in [-0.2, -0.15) is 0 Å². The quantitative estimate of drug-likeness (QED) is 0.343. The molecule has 1 aliphatic rings. The molecule has 0 unspecified atom stereocenters. The zero-order valence-electron chi connectivity index (χ0n) is 20.7. The molecule has 0 atom stereocenters. The van der Waals surface area contributed by atoms with Crippen molar-refractivity contribution >= 4 is 17.2 Å². The van der Waals surface area contributed by atoms with E-state index >= 15 is 0 Å². The molecule has 0 bridgehead atoms. The number of hydrogen-bond acceptors (Lipinski definition) is 6. The summed E-state index contributed by atoms with van der Waals surface area (Å²) in [5.74, 6) is 0.915. The van der Waals surface area contributed by atoms with E-state index in [0.29, 0.717) is 19.7 Å². The third-order valence-corrected chi connectivity index (χ3v) is 7.37. The highest BCUT2D eigenvalue weighted by Gasteiger charge is 2.24. The Kier molecular flexibility index (Phi) is 7.39. The summed E-state index contributed by atoms with van der Waals surface area (Å²) < 4.78 is 6.06. The van der Waals surface area contributed by atoms with Gasteiger partial charge in [-0.1, -0.05) is 36.4 Å². The van der Waals surface area contributed by atoms with Crippen LogP contribution in [0.3, 0.4) is 0 Å². The molecule has 2 aromatic heterocycles. The van der Waals surface area contributed by atoms with Crippen molar-refractivity contribution in [3.63, 3.8) is 0 Å². The van der Waals surface area contributed by atoms with E-state index in [9.17, 15) is 4.79 Å². The van der Waals surface area contributed by atoms with Crippen LogP contribution in [0.4, 0.5) is 0 Å². The Morgan fingerprint density at radius 3 is 2.44 bits per heavy atom. The Labute approximate surface area is 216 Å². The van der Waals surface area contributed by atoms with Gasteiger partial charge in [-0.15, -0.1) is 11.3 Å². The number of thiazole rings is 1. The second-order valence-corrected chi connectivity index (χ2v) is 10.0. The van der Waals surface area contributed by atoms with Gasteiger partial charge in [0.2, 0.25) is 0 Å². The van der Waals surface area contributed by atoms with Gasteiger partial charge in [-0.05, 0) is 43.2 Å². The van der Waals surface area contributed by atoms with Crippen LogP contribution in [0.15, 0.2) is 72.4 Å². The van der Waals surface area contributed by atoms with Crippen LogP contribution in [0, 0.1) is 13.8 Å². The maximum atomic E-state index is 13.3. The van der Waals surface area contributed by atoms with E-state index in [1.807, 2.05) is 61.2 Å². The fourth-order valence-corrected chi connectivity index (χ4v) is 5.37. The predicted octanol–water partition coefficient (Wildman–Crippen LogP) is 5.36. The molecule has 6 nitrogen and oxygen atoms in total. The number of carbonyl (C=O) groups excluding carboxylic acids is 1. The lowest BCUT2D eigenvalue weighted by Crippen LogP contribution is -2.48. The molecule has 3 heterocycles. The Hall–Kier alpha value is -3.55. The first-order valence-corrected chi connectivity index (χ1v) is 13.1. The number of hydrogen-bond donors (Lipinski definition) is 0. The number of amides is 1. The number of ether oxygens (including phenoxy) is 1. The van der Waals surface area contributed by atoms with Crippen molar-refractivity contribution < 1.29 is 9.53 Å². The number of piperazine rings is 1. The molecule has 1 aliphatic heterocycles. The predicted molar refractivity (Wildman–Crippen MR) is 143 cm³/mol. The van der Waals surface area contributed by atoms with E-state index in [1.54, 1.807) is 23.7 Å². The van der Waals surface area contributed by atoms with Gasteiger partial charge in [0.25, 0.3) is 5.91 Å². The maximum Gasteiger partial charge on any atom is 0.253 e. The maximum absolute atomic E-state index is 13.3. The largest absolute Gasteiger partial charge is 0.488 e. The number of rotatable bonds is 7. The lowest BCUT2D eigenvalue weighted by Gasteiger charge is -2.34. The minimum absolute atomic E-state index is 0.0830. The Morgan fingerprint density at radius 1 is 1.00 bits per heavy atom. The summed E-state index contributed by atoms with van der Waals surface area (Å²) in [6.07, 6.45) is 3.56. The van der Waals surface area contributed by atoms with Gasteiger partial charge in [-0.25, -0.2) is 4.98 Å². The van der Waals surface area contributed by atoms with Gasteiger partial charge < -0.3 is 9.64 Å². The summed E-state index contributed by atoms with van der Waals surface area (Å²) in [4.78, 5) is 26.6. The van der Waals surface area contributed by atoms with E-state index in [4.69, 9.17) is 9.72 Å². The molecule has 0 aliphatic carbocycles. The molecule has 184 valence electrons. The normalized spacial score (nSPS) is 14.1. The number of aryl methyl sites for hydroxylation is 2. The average Bonchev–Trinajstić information content (AvgIpc) is 3.38. The molecule has 0 saturated carbocycles. The SMILES string of the molecule is Cc1cc(C(=O)N2CCN(Cc3csc(-c4ccccc4)n3)CC2)cc(C)c1OCc1cccnc1. The standard InChI is InChI=1S/C29H30N4O2S/c1-21-15-25(16-22(2)27(21)35-19-23-7-6-10-30-17-23)29(34)33-13-11-32(12-14-33)18-26-20-36-28(31-26)24-8-4-3-5-9-24/h3-10,15-17,20H,11-14,18-19H2,1-2H3. The second-order valence-electron chi connectivity index (χ2n) is 9.17. The van der Waals surface area contributed by atoms with Crippen LogP contribution >= 0.6 is 11.3 Å².